The summed E-state index contributed by atoms with van der Waals surface area (Å²) in [6.07, 6.45) is 4.41. The summed E-state index contributed by atoms with van der Waals surface area (Å²) in [6.45, 7) is 1.46. The van der Waals surface area contributed by atoms with Crippen LogP contribution in [-0.2, 0) is 19.2 Å². The Morgan fingerprint density at radius 1 is 0.955 bits per heavy atom. The zero-order valence-electron chi connectivity index (χ0n) is 12.8. The molecule has 0 spiro atoms. The topological polar surface area (TPSA) is 133 Å². The lowest BCUT2D eigenvalue weighted by molar-refractivity contribution is -0.141. The van der Waals surface area contributed by atoms with Crippen molar-refractivity contribution in [1.29, 1.82) is 0 Å². The van der Waals surface area contributed by atoms with Gasteiger partial charge in [-0.3, -0.25) is 19.2 Å². The molecule has 0 aliphatic heterocycles. The fourth-order valence-corrected chi connectivity index (χ4v) is 1.83. The first kappa shape index (κ1) is 19.9. The zero-order valence-corrected chi connectivity index (χ0v) is 12.8. The predicted octanol–water partition coefficient (Wildman–Crippen LogP) is 0.507. The molecule has 0 aliphatic carbocycles. The number of amides is 2. The molecule has 22 heavy (non-hydrogen) atoms. The van der Waals surface area contributed by atoms with Crippen LogP contribution in [0.25, 0.3) is 0 Å². The number of nitrogens with one attached hydrogen (secondary N) is 2. The molecule has 0 bridgehead atoms. The van der Waals surface area contributed by atoms with Gasteiger partial charge in [-0.25, -0.2) is 0 Å². The molecule has 1 unspecified atom stereocenters. The largest absolute Gasteiger partial charge is 0.481 e. The van der Waals surface area contributed by atoms with Gasteiger partial charge in [-0.05, 0) is 6.42 Å². The van der Waals surface area contributed by atoms with E-state index in [9.17, 15) is 19.2 Å². The van der Waals surface area contributed by atoms with E-state index in [2.05, 4.69) is 17.6 Å². The number of carboxylic acid groups (broad SMARTS) is 2. The van der Waals surface area contributed by atoms with E-state index in [-0.39, 0.29) is 6.42 Å². The molecule has 0 fully saturated rings. The van der Waals surface area contributed by atoms with Gasteiger partial charge >= 0.3 is 11.9 Å². The van der Waals surface area contributed by atoms with Crippen LogP contribution in [0.4, 0.5) is 0 Å². The van der Waals surface area contributed by atoms with Crippen molar-refractivity contribution >= 4 is 23.8 Å². The molecule has 0 aromatic rings. The third-order valence-electron chi connectivity index (χ3n) is 2.95. The molecule has 1 atom stereocenters. The van der Waals surface area contributed by atoms with Gasteiger partial charge in [0.25, 0.3) is 0 Å². The summed E-state index contributed by atoms with van der Waals surface area (Å²) in [4.78, 5) is 44.5. The second kappa shape index (κ2) is 11.5. The summed E-state index contributed by atoms with van der Waals surface area (Å²) in [5, 5.41) is 21.6. The van der Waals surface area contributed by atoms with Crippen molar-refractivity contribution in [3.05, 3.63) is 0 Å². The number of carbonyl (C=O) groups is 4. The second-order valence-corrected chi connectivity index (χ2v) is 4.99. The summed E-state index contributed by atoms with van der Waals surface area (Å²) < 4.78 is 0. The minimum atomic E-state index is -1.26. The molecular weight excluding hydrogens is 292 g/mol. The Hall–Kier alpha value is -2.12. The van der Waals surface area contributed by atoms with Crippen molar-refractivity contribution in [2.75, 3.05) is 6.54 Å². The quantitative estimate of drug-likeness (QED) is 0.388. The van der Waals surface area contributed by atoms with E-state index in [4.69, 9.17) is 10.2 Å². The van der Waals surface area contributed by atoms with E-state index >= 15 is 0 Å². The number of carbonyl (C=O) groups excluding carboxylic acids is 2. The average Bonchev–Trinajstić information content (AvgIpc) is 2.43. The van der Waals surface area contributed by atoms with Gasteiger partial charge in [-0.2, -0.15) is 0 Å². The predicted molar refractivity (Wildman–Crippen MR) is 78.2 cm³/mol. The van der Waals surface area contributed by atoms with Crippen LogP contribution in [0.2, 0.25) is 0 Å². The van der Waals surface area contributed by atoms with E-state index in [1.165, 1.54) is 0 Å². The van der Waals surface area contributed by atoms with Crippen molar-refractivity contribution < 1.29 is 29.4 Å². The summed E-state index contributed by atoms with van der Waals surface area (Å²) in [5.41, 5.74) is 0. The molecule has 0 radical (unpaired) electrons. The Morgan fingerprint density at radius 2 is 1.59 bits per heavy atom. The highest BCUT2D eigenvalue weighted by Crippen LogP contribution is 2.05. The summed E-state index contributed by atoms with van der Waals surface area (Å²) in [7, 11) is 0. The van der Waals surface area contributed by atoms with Gasteiger partial charge in [0.2, 0.25) is 11.8 Å². The summed E-state index contributed by atoms with van der Waals surface area (Å²) in [5.74, 6) is -3.72. The third-order valence-corrected chi connectivity index (χ3v) is 2.95. The van der Waals surface area contributed by atoms with E-state index in [0.29, 0.717) is 6.42 Å². The fraction of sp³-hybridized carbons (Fsp3) is 0.714. The molecule has 2 amide bonds. The van der Waals surface area contributed by atoms with Gasteiger partial charge in [0.15, 0.2) is 0 Å². The number of carboxylic acids is 2. The number of hydrogen-bond donors (Lipinski definition) is 4. The first-order chi connectivity index (χ1) is 10.4. The molecule has 0 aromatic carbocycles. The van der Waals surface area contributed by atoms with Crippen molar-refractivity contribution in [2.24, 2.45) is 0 Å². The van der Waals surface area contributed by atoms with E-state index in [1.54, 1.807) is 0 Å². The molecule has 0 saturated carbocycles. The molecule has 0 aromatic heterocycles. The first-order valence-electron chi connectivity index (χ1n) is 7.37. The van der Waals surface area contributed by atoms with Gasteiger partial charge in [0.1, 0.15) is 12.6 Å². The molecular formula is C14H24N2O6. The normalized spacial score (nSPS) is 11.5. The Morgan fingerprint density at radius 3 is 2.14 bits per heavy atom. The van der Waals surface area contributed by atoms with Crippen LogP contribution in [0, 0.1) is 0 Å². The monoisotopic (exact) mass is 316 g/mol. The maximum absolute atomic E-state index is 11.7. The molecule has 0 saturated heterocycles. The SMILES string of the molecule is CCCCCCCC(=O)NC(CC(=O)O)C(=O)NCC(=O)O. The second-order valence-electron chi connectivity index (χ2n) is 4.99. The zero-order chi connectivity index (χ0) is 17.0. The number of aliphatic carboxylic acids is 2. The lowest BCUT2D eigenvalue weighted by Gasteiger charge is -2.16. The van der Waals surface area contributed by atoms with Gasteiger partial charge in [0, 0.05) is 6.42 Å². The molecule has 4 N–H and O–H groups in total. The van der Waals surface area contributed by atoms with Crippen LogP contribution in [0.15, 0.2) is 0 Å². The van der Waals surface area contributed by atoms with Crippen molar-refractivity contribution in [2.45, 2.75) is 57.9 Å². The van der Waals surface area contributed by atoms with Crippen molar-refractivity contribution in [3.63, 3.8) is 0 Å². The average molecular weight is 316 g/mol. The van der Waals surface area contributed by atoms with Gasteiger partial charge in [-0.1, -0.05) is 32.6 Å². The molecule has 8 heteroatoms. The number of hydrogen-bond acceptors (Lipinski definition) is 4. The van der Waals surface area contributed by atoms with Crippen LogP contribution in [0.3, 0.4) is 0 Å². The van der Waals surface area contributed by atoms with Gasteiger partial charge in [0.05, 0.1) is 6.42 Å². The van der Waals surface area contributed by atoms with Crippen LogP contribution in [-0.4, -0.2) is 46.6 Å². The van der Waals surface area contributed by atoms with Crippen molar-refractivity contribution in [3.8, 4) is 0 Å². The van der Waals surface area contributed by atoms with E-state index < -0.39 is 42.8 Å². The Kier molecular flexibility index (Phi) is 10.4. The molecule has 0 aliphatic rings. The lowest BCUT2D eigenvalue weighted by atomic mass is 10.1. The third kappa shape index (κ3) is 10.6. The first-order valence-corrected chi connectivity index (χ1v) is 7.37. The Balaban J connectivity index is 4.27. The van der Waals surface area contributed by atoms with Gasteiger partial charge in [-0.15, -0.1) is 0 Å². The highest BCUT2D eigenvalue weighted by Gasteiger charge is 2.23. The molecule has 0 heterocycles. The van der Waals surface area contributed by atoms with Crippen LogP contribution in [0.1, 0.15) is 51.9 Å². The molecule has 8 nitrogen and oxygen atoms in total. The minimum absolute atomic E-state index is 0.214. The number of rotatable bonds is 12. The van der Waals surface area contributed by atoms with E-state index in [1.807, 2.05) is 0 Å². The fourth-order valence-electron chi connectivity index (χ4n) is 1.83. The molecule has 126 valence electrons. The number of unbranched alkanes of at least 4 members (excludes halogenated alkanes) is 4. The Bertz CT molecular complexity index is 397. The summed E-state index contributed by atoms with van der Waals surface area (Å²) >= 11 is 0. The maximum Gasteiger partial charge on any atom is 0.322 e. The highest BCUT2D eigenvalue weighted by molar-refractivity contribution is 5.92. The Labute approximate surface area is 129 Å². The minimum Gasteiger partial charge on any atom is -0.481 e. The lowest BCUT2D eigenvalue weighted by Crippen LogP contribution is -2.48. The smallest absolute Gasteiger partial charge is 0.322 e. The van der Waals surface area contributed by atoms with Gasteiger partial charge < -0.3 is 20.8 Å². The standard InChI is InChI=1S/C14H24N2O6/c1-2-3-4-5-6-7-11(17)16-10(8-12(18)19)14(22)15-9-13(20)21/h10H,2-9H2,1H3,(H,15,22)(H,16,17)(H,18,19)(H,20,21). The van der Waals surface area contributed by atoms with E-state index in [0.717, 1.165) is 25.7 Å². The summed E-state index contributed by atoms with van der Waals surface area (Å²) in [6, 6.07) is -1.26. The van der Waals surface area contributed by atoms with Crippen LogP contribution in [0.5, 0.6) is 0 Å². The van der Waals surface area contributed by atoms with Crippen molar-refractivity contribution in [1.82, 2.24) is 10.6 Å². The highest BCUT2D eigenvalue weighted by atomic mass is 16.4. The maximum atomic E-state index is 11.7. The van der Waals surface area contributed by atoms with Crippen LogP contribution < -0.4 is 10.6 Å². The van der Waals surface area contributed by atoms with Crippen LogP contribution >= 0.6 is 0 Å². The molecule has 0 rings (SSSR count).